The first kappa shape index (κ1) is 18.4. The predicted molar refractivity (Wildman–Crippen MR) is 115 cm³/mol. The van der Waals surface area contributed by atoms with Crippen molar-refractivity contribution in [3.8, 4) is 0 Å². The van der Waals surface area contributed by atoms with Gasteiger partial charge in [-0.1, -0.05) is 67.9 Å². The molecule has 0 amide bonds. The maximum absolute atomic E-state index is 4.83. The van der Waals surface area contributed by atoms with Gasteiger partial charge in [-0.05, 0) is 72.2 Å². The number of rotatable bonds is 6. The summed E-state index contributed by atoms with van der Waals surface area (Å²) in [5.74, 6) is 0. The molecule has 0 saturated carbocycles. The summed E-state index contributed by atoms with van der Waals surface area (Å²) < 4.78 is 0. The van der Waals surface area contributed by atoms with Gasteiger partial charge in [0.15, 0.2) is 0 Å². The number of hydrogen-bond acceptors (Lipinski definition) is 1. The predicted octanol–water partition coefficient (Wildman–Crippen LogP) is 6.66. The van der Waals surface area contributed by atoms with E-state index < -0.39 is 0 Å². The van der Waals surface area contributed by atoms with E-state index in [1.807, 2.05) is 0 Å². The van der Waals surface area contributed by atoms with Crippen LogP contribution >= 0.6 is 0 Å². The third-order valence-corrected chi connectivity index (χ3v) is 5.29. The molecule has 0 heterocycles. The smallest absolute Gasteiger partial charge is 0.0392 e. The zero-order valence-electron chi connectivity index (χ0n) is 16.5. The van der Waals surface area contributed by atoms with Crippen molar-refractivity contribution in [2.75, 3.05) is 6.54 Å². The largest absolute Gasteiger partial charge is 0.289 e. The second-order valence-corrected chi connectivity index (χ2v) is 7.18. The number of nitrogens with zero attached hydrogens (tertiary/aromatic N) is 1. The van der Waals surface area contributed by atoms with Crippen LogP contribution in [0, 0.1) is 13.8 Å². The van der Waals surface area contributed by atoms with Crippen LogP contribution in [0.2, 0.25) is 0 Å². The minimum atomic E-state index is 0.920. The molecular formula is C25H29N. The van der Waals surface area contributed by atoms with Crippen LogP contribution in [0.3, 0.4) is 0 Å². The molecule has 0 aliphatic rings. The minimum Gasteiger partial charge on any atom is -0.289 e. The first-order valence-electron chi connectivity index (χ1n) is 9.69. The van der Waals surface area contributed by atoms with Gasteiger partial charge in [0, 0.05) is 12.3 Å². The van der Waals surface area contributed by atoms with Gasteiger partial charge in [-0.3, -0.25) is 4.99 Å². The van der Waals surface area contributed by atoms with Crippen molar-refractivity contribution in [3.05, 3.63) is 82.4 Å². The van der Waals surface area contributed by atoms with Crippen LogP contribution < -0.4 is 0 Å². The molecule has 0 fully saturated rings. The molecule has 0 atom stereocenters. The Morgan fingerprint density at radius 1 is 0.846 bits per heavy atom. The first-order valence-corrected chi connectivity index (χ1v) is 9.69. The third-order valence-electron chi connectivity index (χ3n) is 5.29. The van der Waals surface area contributed by atoms with Gasteiger partial charge < -0.3 is 0 Å². The number of aliphatic imine (C=N–C) groups is 1. The van der Waals surface area contributed by atoms with Gasteiger partial charge in [0.2, 0.25) is 0 Å². The van der Waals surface area contributed by atoms with Crippen LogP contribution in [-0.2, 0) is 6.42 Å². The molecule has 3 aromatic rings. The maximum atomic E-state index is 4.83. The molecule has 0 aliphatic carbocycles. The van der Waals surface area contributed by atoms with Crippen LogP contribution in [-0.4, -0.2) is 12.3 Å². The van der Waals surface area contributed by atoms with Crippen molar-refractivity contribution < 1.29 is 0 Å². The van der Waals surface area contributed by atoms with E-state index in [2.05, 4.69) is 82.3 Å². The molecule has 0 bridgehead atoms. The average molecular weight is 344 g/mol. The van der Waals surface area contributed by atoms with Crippen molar-refractivity contribution in [1.29, 1.82) is 0 Å². The summed E-state index contributed by atoms with van der Waals surface area (Å²) >= 11 is 0. The summed E-state index contributed by atoms with van der Waals surface area (Å²) in [7, 11) is 0. The van der Waals surface area contributed by atoms with Crippen LogP contribution in [0.15, 0.2) is 59.6 Å². The van der Waals surface area contributed by atoms with Crippen LogP contribution in [0.4, 0.5) is 0 Å². The van der Waals surface area contributed by atoms with Crippen LogP contribution in [0.25, 0.3) is 10.8 Å². The normalized spacial score (nSPS) is 11.9. The lowest BCUT2D eigenvalue weighted by Crippen LogP contribution is -2.06. The number of benzene rings is 3. The number of hydrogen-bond donors (Lipinski definition) is 0. The topological polar surface area (TPSA) is 12.4 Å². The Bertz CT molecular complexity index is 934. The maximum Gasteiger partial charge on any atom is 0.0392 e. The summed E-state index contributed by atoms with van der Waals surface area (Å²) in [4.78, 5) is 4.83. The Morgan fingerprint density at radius 2 is 1.62 bits per heavy atom. The molecule has 26 heavy (non-hydrogen) atoms. The van der Waals surface area contributed by atoms with E-state index in [9.17, 15) is 0 Å². The summed E-state index contributed by atoms with van der Waals surface area (Å²) in [6.45, 7) is 9.74. The molecule has 0 N–H and O–H groups in total. The highest BCUT2D eigenvalue weighted by molar-refractivity contribution is 6.00. The second kappa shape index (κ2) is 8.31. The Morgan fingerprint density at radius 3 is 2.42 bits per heavy atom. The highest BCUT2D eigenvalue weighted by Crippen LogP contribution is 2.27. The Balaban J connectivity index is 2.06. The van der Waals surface area contributed by atoms with Crippen molar-refractivity contribution >= 4 is 16.5 Å². The summed E-state index contributed by atoms with van der Waals surface area (Å²) in [6, 6.07) is 19.8. The van der Waals surface area contributed by atoms with Gasteiger partial charge in [-0.25, -0.2) is 0 Å². The quantitative estimate of drug-likeness (QED) is 0.351. The fourth-order valence-corrected chi connectivity index (χ4v) is 3.62. The minimum absolute atomic E-state index is 0.920. The molecule has 1 nitrogen and oxygen atoms in total. The number of aryl methyl sites for hydroxylation is 2. The van der Waals surface area contributed by atoms with Crippen molar-refractivity contribution in [1.82, 2.24) is 0 Å². The van der Waals surface area contributed by atoms with Gasteiger partial charge >= 0.3 is 0 Å². The van der Waals surface area contributed by atoms with Gasteiger partial charge in [0.05, 0.1) is 0 Å². The molecular weight excluding hydrogens is 314 g/mol. The molecule has 0 saturated heterocycles. The molecule has 0 aromatic heterocycles. The molecule has 134 valence electrons. The van der Waals surface area contributed by atoms with Gasteiger partial charge in [-0.15, -0.1) is 0 Å². The summed E-state index contributed by atoms with van der Waals surface area (Å²) in [5, 5.41) is 2.68. The van der Waals surface area contributed by atoms with Crippen LogP contribution in [0.1, 0.15) is 54.5 Å². The Hall–Kier alpha value is -2.41. The van der Waals surface area contributed by atoms with Gasteiger partial charge in [0.1, 0.15) is 0 Å². The third kappa shape index (κ3) is 3.88. The second-order valence-electron chi connectivity index (χ2n) is 7.18. The van der Waals surface area contributed by atoms with E-state index in [0.717, 1.165) is 25.1 Å². The Kier molecular flexibility index (Phi) is 5.88. The molecule has 0 unspecified atom stereocenters. The lowest BCUT2D eigenvalue weighted by Gasteiger charge is -2.16. The van der Waals surface area contributed by atoms with Crippen molar-refractivity contribution in [2.45, 2.75) is 47.0 Å². The Labute approximate surface area is 157 Å². The van der Waals surface area contributed by atoms with Gasteiger partial charge in [-0.2, -0.15) is 0 Å². The molecule has 0 aliphatic heterocycles. The highest BCUT2D eigenvalue weighted by atomic mass is 14.7. The van der Waals surface area contributed by atoms with Gasteiger partial charge in [0.25, 0.3) is 0 Å². The van der Waals surface area contributed by atoms with Crippen LogP contribution in [0.5, 0.6) is 0 Å². The first-order chi connectivity index (χ1) is 12.6. The summed E-state index contributed by atoms with van der Waals surface area (Å²) in [6.07, 6.45) is 3.30. The van der Waals surface area contributed by atoms with Crippen molar-refractivity contribution in [2.24, 2.45) is 4.99 Å². The van der Waals surface area contributed by atoms with E-state index in [-0.39, 0.29) is 0 Å². The lowest BCUT2D eigenvalue weighted by atomic mass is 9.89. The molecule has 3 aromatic carbocycles. The standard InChI is InChI=1S/C25H29N/c1-5-6-16-26-20(4)22-13-9-10-18(2)24(22)17-25-19(3)14-15-21-11-7-8-12-23(21)25/h7-15H,5-6,16-17H2,1-4H3. The van der Waals surface area contributed by atoms with E-state index in [1.54, 1.807) is 0 Å². The molecule has 1 heteroatoms. The SMILES string of the molecule is CCCCN=C(C)c1cccc(C)c1Cc1c(C)ccc2ccccc12. The fraction of sp³-hybridized carbons (Fsp3) is 0.320. The zero-order valence-corrected chi connectivity index (χ0v) is 16.5. The number of fused-ring (bicyclic) bond motifs is 1. The van der Waals surface area contributed by atoms with E-state index >= 15 is 0 Å². The highest BCUT2D eigenvalue weighted by Gasteiger charge is 2.12. The van der Waals surface area contributed by atoms with E-state index in [0.29, 0.717) is 0 Å². The lowest BCUT2D eigenvalue weighted by molar-refractivity contribution is 0.807. The summed E-state index contributed by atoms with van der Waals surface area (Å²) in [5.41, 5.74) is 8.01. The van der Waals surface area contributed by atoms with E-state index in [4.69, 9.17) is 4.99 Å². The number of unbranched alkanes of at least 4 members (excludes halogenated alkanes) is 1. The molecule has 0 spiro atoms. The molecule has 0 radical (unpaired) electrons. The van der Waals surface area contributed by atoms with Crippen molar-refractivity contribution in [3.63, 3.8) is 0 Å². The average Bonchev–Trinajstić information content (AvgIpc) is 2.65. The monoisotopic (exact) mass is 343 g/mol. The fourth-order valence-electron chi connectivity index (χ4n) is 3.62. The van der Waals surface area contributed by atoms with E-state index in [1.165, 1.54) is 45.0 Å². The zero-order chi connectivity index (χ0) is 18.5. The molecule has 3 rings (SSSR count).